The molecule has 0 unspecified atom stereocenters. The van der Waals surface area contributed by atoms with Crippen LogP contribution >= 0.6 is 0 Å². The Morgan fingerprint density at radius 2 is 1.00 bits per heavy atom. The van der Waals surface area contributed by atoms with E-state index in [9.17, 15) is 14.4 Å². The van der Waals surface area contributed by atoms with Crippen molar-refractivity contribution < 1.29 is 57.8 Å². The Morgan fingerprint density at radius 1 is 0.605 bits per heavy atom. The molecule has 0 aliphatic carbocycles. The van der Waals surface area contributed by atoms with E-state index in [2.05, 4.69) is 5.32 Å². The number of amides is 1. The summed E-state index contributed by atoms with van der Waals surface area (Å²) < 4.78 is 38.0. The molecule has 0 fully saturated rings. The number of hydrogen-bond donors (Lipinski definition) is 4. The Kier molecular flexibility index (Phi) is 24.1. The average Bonchev–Trinajstić information content (AvgIpc) is 2.87. The number of rotatable bonds is 29. The predicted octanol–water partition coefficient (Wildman–Crippen LogP) is -0.334. The Hall–Kier alpha value is -1.91. The molecule has 0 radical (unpaired) electrons. The topological polar surface area (TPSA) is 194 Å². The molecule has 0 bridgehead atoms. The van der Waals surface area contributed by atoms with Crippen LogP contribution in [0.25, 0.3) is 0 Å². The lowest BCUT2D eigenvalue weighted by atomic mass is 10.0. The Labute approximate surface area is 224 Å². The molecule has 0 aliphatic rings. The molecule has 0 rings (SSSR count). The van der Waals surface area contributed by atoms with Crippen LogP contribution in [0.1, 0.15) is 32.6 Å². The zero-order valence-electron chi connectivity index (χ0n) is 22.5. The first kappa shape index (κ1) is 36.1. The highest BCUT2D eigenvalue weighted by Gasteiger charge is 2.33. The third kappa shape index (κ3) is 23.2. The number of carbonyl (C=O) groups excluding carboxylic acids is 1. The van der Waals surface area contributed by atoms with Crippen LogP contribution < -0.4 is 11.1 Å². The molecule has 14 nitrogen and oxygen atoms in total. The highest BCUT2D eigenvalue weighted by molar-refractivity contribution is 5.77. The molecule has 0 saturated carbocycles. The molecule has 0 atom stereocenters. The fraction of sp³-hybridized carbons (Fsp3) is 0.875. The van der Waals surface area contributed by atoms with E-state index in [1.54, 1.807) is 0 Å². The van der Waals surface area contributed by atoms with Crippen molar-refractivity contribution in [2.24, 2.45) is 5.73 Å². The number of nitrogens with one attached hydrogen (secondary N) is 1. The Bertz CT molecular complexity index is 587. The summed E-state index contributed by atoms with van der Waals surface area (Å²) in [6.45, 7) is 5.70. The largest absolute Gasteiger partial charge is 0.481 e. The summed E-state index contributed by atoms with van der Waals surface area (Å²) in [4.78, 5) is 34.3. The molecule has 0 saturated heterocycles. The standard InChI is InChI=1S/C24H46N2O12/c1-2-7-36-18-24(19-37-9-4-22(28)29,20-38-10-5-23(30)31)26-21(27)3-8-32-12-14-34-16-17-35-15-13-33-11-6-25/h2-20,25H2,1H3,(H,26,27)(H,28,29)(H,30,31). The van der Waals surface area contributed by atoms with Crippen LogP contribution in [0.2, 0.25) is 0 Å². The van der Waals surface area contributed by atoms with E-state index in [1.807, 2.05) is 6.92 Å². The Morgan fingerprint density at radius 3 is 1.42 bits per heavy atom. The first-order valence-electron chi connectivity index (χ1n) is 12.8. The fourth-order valence-corrected chi connectivity index (χ4v) is 2.87. The first-order valence-corrected chi connectivity index (χ1v) is 12.8. The minimum Gasteiger partial charge on any atom is -0.481 e. The lowest BCUT2D eigenvalue weighted by Gasteiger charge is -2.34. The molecule has 0 heterocycles. The normalized spacial score (nSPS) is 11.5. The van der Waals surface area contributed by atoms with Gasteiger partial charge in [0.2, 0.25) is 5.91 Å². The highest BCUT2D eigenvalue weighted by atomic mass is 16.6. The summed E-state index contributed by atoms with van der Waals surface area (Å²) >= 11 is 0. The second-order valence-electron chi connectivity index (χ2n) is 8.26. The van der Waals surface area contributed by atoms with Crippen molar-refractivity contribution in [1.29, 1.82) is 0 Å². The van der Waals surface area contributed by atoms with Gasteiger partial charge in [0, 0.05) is 19.6 Å². The lowest BCUT2D eigenvalue weighted by Crippen LogP contribution is -2.58. The second kappa shape index (κ2) is 25.4. The van der Waals surface area contributed by atoms with Crippen molar-refractivity contribution >= 4 is 17.8 Å². The predicted molar refractivity (Wildman–Crippen MR) is 135 cm³/mol. The van der Waals surface area contributed by atoms with Crippen LogP contribution in [0.4, 0.5) is 0 Å². The molecular formula is C24H46N2O12. The van der Waals surface area contributed by atoms with Gasteiger partial charge < -0.3 is 54.4 Å². The minimum atomic E-state index is -1.12. The maximum Gasteiger partial charge on any atom is 0.305 e. The number of nitrogens with two attached hydrogens (primary N) is 1. The van der Waals surface area contributed by atoms with Gasteiger partial charge in [-0.25, -0.2) is 0 Å². The first-order chi connectivity index (χ1) is 18.3. The van der Waals surface area contributed by atoms with E-state index >= 15 is 0 Å². The SMILES string of the molecule is CCCOCC(COCCC(=O)O)(COCCC(=O)O)NC(=O)CCOCCOCCOCCOCCN. The van der Waals surface area contributed by atoms with Crippen molar-refractivity contribution in [3.8, 4) is 0 Å². The van der Waals surface area contributed by atoms with Gasteiger partial charge in [0.05, 0.1) is 98.7 Å². The molecule has 38 heavy (non-hydrogen) atoms. The van der Waals surface area contributed by atoms with Crippen molar-refractivity contribution in [3.05, 3.63) is 0 Å². The molecule has 0 spiro atoms. The van der Waals surface area contributed by atoms with Crippen molar-refractivity contribution in [1.82, 2.24) is 5.32 Å². The van der Waals surface area contributed by atoms with Gasteiger partial charge in [-0.2, -0.15) is 0 Å². The molecular weight excluding hydrogens is 508 g/mol. The lowest BCUT2D eigenvalue weighted by molar-refractivity contribution is -0.139. The van der Waals surface area contributed by atoms with Gasteiger partial charge in [0.15, 0.2) is 0 Å². The summed E-state index contributed by atoms with van der Waals surface area (Å²) in [5.41, 5.74) is 4.19. The number of carbonyl (C=O) groups is 3. The van der Waals surface area contributed by atoms with Gasteiger partial charge in [-0.1, -0.05) is 6.92 Å². The summed E-state index contributed by atoms with van der Waals surface area (Å²) in [6, 6.07) is 0. The van der Waals surface area contributed by atoms with E-state index in [0.717, 1.165) is 6.42 Å². The molecule has 14 heteroatoms. The molecule has 1 amide bonds. The number of carboxylic acid groups (broad SMARTS) is 2. The third-order valence-corrected chi connectivity index (χ3v) is 4.66. The number of carboxylic acids is 2. The average molecular weight is 555 g/mol. The van der Waals surface area contributed by atoms with Crippen molar-refractivity contribution in [2.75, 3.05) is 99.0 Å². The monoisotopic (exact) mass is 554 g/mol. The van der Waals surface area contributed by atoms with Gasteiger partial charge in [0.25, 0.3) is 0 Å². The summed E-state index contributed by atoms with van der Waals surface area (Å²) in [6.07, 6.45) is 0.386. The maximum absolute atomic E-state index is 12.7. The molecule has 5 N–H and O–H groups in total. The van der Waals surface area contributed by atoms with Gasteiger partial charge >= 0.3 is 11.9 Å². The molecule has 0 aromatic rings. The van der Waals surface area contributed by atoms with Crippen LogP contribution in [0.15, 0.2) is 0 Å². The number of aliphatic carboxylic acids is 2. The van der Waals surface area contributed by atoms with Crippen LogP contribution in [-0.2, 0) is 47.5 Å². The van der Waals surface area contributed by atoms with Crippen LogP contribution in [-0.4, -0.2) is 133 Å². The van der Waals surface area contributed by atoms with E-state index in [1.165, 1.54) is 0 Å². The van der Waals surface area contributed by atoms with Crippen LogP contribution in [0, 0.1) is 0 Å². The highest BCUT2D eigenvalue weighted by Crippen LogP contribution is 2.11. The van der Waals surface area contributed by atoms with Crippen LogP contribution in [0.3, 0.4) is 0 Å². The van der Waals surface area contributed by atoms with E-state index in [-0.39, 0.29) is 64.8 Å². The van der Waals surface area contributed by atoms with Crippen molar-refractivity contribution in [2.45, 2.75) is 38.1 Å². The van der Waals surface area contributed by atoms with Crippen molar-refractivity contribution in [3.63, 3.8) is 0 Å². The zero-order valence-corrected chi connectivity index (χ0v) is 22.5. The quantitative estimate of drug-likeness (QED) is 0.0878. The van der Waals surface area contributed by atoms with Gasteiger partial charge in [0.1, 0.15) is 5.54 Å². The van der Waals surface area contributed by atoms with E-state index < -0.39 is 17.5 Å². The second-order valence-corrected chi connectivity index (χ2v) is 8.26. The zero-order chi connectivity index (χ0) is 28.3. The smallest absolute Gasteiger partial charge is 0.305 e. The summed E-state index contributed by atoms with van der Waals surface area (Å²) in [7, 11) is 0. The van der Waals surface area contributed by atoms with Gasteiger partial charge in [-0.15, -0.1) is 0 Å². The molecule has 0 aliphatic heterocycles. The number of ether oxygens (including phenoxy) is 7. The summed E-state index contributed by atoms with van der Waals surface area (Å²) in [5, 5.41) is 20.5. The number of hydrogen-bond acceptors (Lipinski definition) is 11. The summed E-state index contributed by atoms with van der Waals surface area (Å²) in [5.74, 6) is -2.37. The van der Waals surface area contributed by atoms with Gasteiger partial charge in [-0.3, -0.25) is 14.4 Å². The Balaban J connectivity index is 4.48. The maximum atomic E-state index is 12.7. The van der Waals surface area contributed by atoms with E-state index in [0.29, 0.717) is 59.4 Å². The molecule has 224 valence electrons. The molecule has 0 aromatic heterocycles. The minimum absolute atomic E-state index is 0.0443. The van der Waals surface area contributed by atoms with Crippen LogP contribution in [0.5, 0.6) is 0 Å². The fourth-order valence-electron chi connectivity index (χ4n) is 2.87. The van der Waals surface area contributed by atoms with Gasteiger partial charge in [-0.05, 0) is 6.42 Å². The third-order valence-electron chi connectivity index (χ3n) is 4.66. The van der Waals surface area contributed by atoms with E-state index in [4.69, 9.17) is 49.1 Å². The molecule has 0 aromatic carbocycles.